The van der Waals surface area contributed by atoms with Gasteiger partial charge in [0, 0.05) is 4.88 Å². The summed E-state index contributed by atoms with van der Waals surface area (Å²) in [4.78, 5) is 22.1. The summed E-state index contributed by atoms with van der Waals surface area (Å²) in [5.74, 6) is -1.93. The van der Waals surface area contributed by atoms with Crippen LogP contribution in [0.3, 0.4) is 0 Å². The van der Waals surface area contributed by atoms with Crippen molar-refractivity contribution in [1.29, 1.82) is 0 Å². The molecule has 1 heterocycles. The summed E-state index contributed by atoms with van der Waals surface area (Å²) in [5, 5.41) is 8.82. The van der Waals surface area contributed by atoms with Gasteiger partial charge in [0.05, 0.1) is 12.0 Å². The predicted octanol–water partition coefficient (Wildman–Crippen LogP) is 0.595. The molecule has 0 amide bonds. The fourth-order valence-electron chi connectivity index (χ4n) is 1.36. The highest BCUT2D eigenvalue weighted by Crippen LogP contribution is 2.25. The lowest BCUT2D eigenvalue weighted by Gasteiger charge is -2.11. The molecule has 106 valence electrons. The van der Waals surface area contributed by atoms with Gasteiger partial charge >= 0.3 is 11.9 Å². The van der Waals surface area contributed by atoms with Crippen molar-refractivity contribution >= 4 is 33.3 Å². The average molecular weight is 307 g/mol. The van der Waals surface area contributed by atoms with E-state index in [0.29, 0.717) is 4.88 Å². The molecule has 7 nitrogen and oxygen atoms in total. The van der Waals surface area contributed by atoms with Crippen molar-refractivity contribution in [3.8, 4) is 0 Å². The number of ether oxygens (including phenoxy) is 1. The number of carbonyl (C=O) groups is 2. The summed E-state index contributed by atoms with van der Waals surface area (Å²) in [5.41, 5.74) is 0. The minimum Gasteiger partial charge on any atom is -0.477 e. The summed E-state index contributed by atoms with van der Waals surface area (Å²) < 4.78 is 30.6. The van der Waals surface area contributed by atoms with E-state index in [1.54, 1.807) is 0 Å². The number of carbonyl (C=O) groups excluding carboxylic acids is 1. The van der Waals surface area contributed by atoms with Gasteiger partial charge in [-0.05, 0) is 19.9 Å². The summed E-state index contributed by atoms with van der Waals surface area (Å²) >= 11 is 0.856. The van der Waals surface area contributed by atoms with Gasteiger partial charge in [0.15, 0.2) is 0 Å². The van der Waals surface area contributed by atoms with E-state index in [1.807, 2.05) is 0 Å². The highest BCUT2D eigenvalue weighted by atomic mass is 32.2. The molecule has 2 N–H and O–H groups in total. The Kier molecular flexibility index (Phi) is 4.66. The van der Waals surface area contributed by atoms with Gasteiger partial charge in [-0.15, -0.1) is 11.3 Å². The Bertz CT molecular complexity index is 604. The average Bonchev–Trinajstić information content (AvgIpc) is 2.70. The van der Waals surface area contributed by atoms with Crippen LogP contribution in [0.2, 0.25) is 0 Å². The zero-order valence-electron chi connectivity index (χ0n) is 10.5. The van der Waals surface area contributed by atoms with Crippen molar-refractivity contribution in [1.82, 2.24) is 4.72 Å². The molecule has 19 heavy (non-hydrogen) atoms. The van der Waals surface area contributed by atoms with Gasteiger partial charge in [-0.2, -0.15) is 4.72 Å². The SMILES string of the molecule is COC(=O)C(C)NS(=O)(=O)c1cc(C(=O)O)sc1C. The predicted molar refractivity (Wildman–Crippen MR) is 67.8 cm³/mol. The molecule has 0 spiro atoms. The summed E-state index contributed by atoms with van der Waals surface area (Å²) in [6.45, 7) is 2.83. The molecule has 0 fully saturated rings. The minimum atomic E-state index is -3.96. The Balaban J connectivity index is 3.07. The van der Waals surface area contributed by atoms with Crippen LogP contribution in [-0.2, 0) is 19.6 Å². The Morgan fingerprint density at radius 1 is 1.47 bits per heavy atom. The number of esters is 1. The Morgan fingerprint density at radius 2 is 2.05 bits per heavy atom. The topological polar surface area (TPSA) is 110 Å². The maximum Gasteiger partial charge on any atom is 0.345 e. The quantitative estimate of drug-likeness (QED) is 0.771. The monoisotopic (exact) mass is 307 g/mol. The molecule has 0 saturated carbocycles. The molecule has 1 rings (SSSR count). The Hall–Kier alpha value is -1.45. The van der Waals surface area contributed by atoms with Crippen LogP contribution in [0, 0.1) is 6.92 Å². The second-order valence-electron chi connectivity index (χ2n) is 3.70. The number of methoxy groups -OCH3 is 1. The third-order valence-corrected chi connectivity index (χ3v) is 5.09. The highest BCUT2D eigenvalue weighted by Gasteiger charge is 2.26. The van der Waals surface area contributed by atoms with Crippen LogP contribution in [0.5, 0.6) is 0 Å². The molecule has 0 radical (unpaired) electrons. The summed E-state index contributed by atoms with van der Waals surface area (Å²) in [6.07, 6.45) is 0. The molecule has 1 unspecified atom stereocenters. The number of nitrogens with one attached hydrogen (secondary N) is 1. The van der Waals surface area contributed by atoms with E-state index in [1.165, 1.54) is 13.8 Å². The van der Waals surface area contributed by atoms with Gasteiger partial charge in [-0.1, -0.05) is 0 Å². The van der Waals surface area contributed by atoms with Crippen LogP contribution in [-0.4, -0.2) is 38.6 Å². The molecular weight excluding hydrogens is 294 g/mol. The van der Waals surface area contributed by atoms with Crippen LogP contribution in [0.1, 0.15) is 21.5 Å². The van der Waals surface area contributed by atoms with Gasteiger partial charge in [-0.3, -0.25) is 4.79 Å². The third-order valence-electron chi connectivity index (χ3n) is 2.26. The van der Waals surface area contributed by atoms with Crippen molar-refractivity contribution in [2.24, 2.45) is 0 Å². The number of rotatable bonds is 5. The molecule has 0 aliphatic rings. The lowest BCUT2D eigenvalue weighted by molar-refractivity contribution is -0.142. The number of aromatic carboxylic acids is 1. The second-order valence-corrected chi connectivity index (χ2v) is 6.64. The first-order chi connectivity index (χ1) is 8.69. The van der Waals surface area contributed by atoms with E-state index in [2.05, 4.69) is 9.46 Å². The zero-order valence-corrected chi connectivity index (χ0v) is 12.1. The van der Waals surface area contributed by atoms with Crippen molar-refractivity contribution in [3.05, 3.63) is 15.8 Å². The van der Waals surface area contributed by atoms with E-state index < -0.39 is 28.0 Å². The smallest absolute Gasteiger partial charge is 0.345 e. The molecule has 0 aliphatic carbocycles. The molecule has 0 aromatic carbocycles. The van der Waals surface area contributed by atoms with Crippen LogP contribution >= 0.6 is 11.3 Å². The fraction of sp³-hybridized carbons (Fsp3) is 0.400. The van der Waals surface area contributed by atoms with E-state index in [4.69, 9.17) is 5.11 Å². The largest absolute Gasteiger partial charge is 0.477 e. The number of hydrogen-bond donors (Lipinski definition) is 2. The zero-order chi connectivity index (χ0) is 14.8. The molecule has 1 aromatic rings. The maximum absolute atomic E-state index is 12.0. The number of carboxylic acid groups (broad SMARTS) is 1. The molecule has 0 bridgehead atoms. The second kappa shape index (κ2) is 5.68. The van der Waals surface area contributed by atoms with Crippen LogP contribution in [0.15, 0.2) is 11.0 Å². The molecule has 1 aromatic heterocycles. The number of sulfonamides is 1. The van der Waals surface area contributed by atoms with Gasteiger partial charge in [-0.25, -0.2) is 13.2 Å². The number of thiophene rings is 1. The first-order valence-corrected chi connectivity index (χ1v) is 7.43. The van der Waals surface area contributed by atoms with Gasteiger partial charge in [0.1, 0.15) is 10.9 Å². The molecule has 9 heteroatoms. The lowest BCUT2D eigenvalue weighted by atomic mass is 10.4. The Labute approximate surface area is 114 Å². The van der Waals surface area contributed by atoms with E-state index in [-0.39, 0.29) is 9.77 Å². The van der Waals surface area contributed by atoms with Crippen molar-refractivity contribution in [3.63, 3.8) is 0 Å². The number of carboxylic acids is 1. The number of aryl methyl sites for hydroxylation is 1. The summed E-state index contributed by atoms with van der Waals surface area (Å²) in [6, 6.07) is 0.0110. The Morgan fingerprint density at radius 3 is 2.47 bits per heavy atom. The van der Waals surface area contributed by atoms with Crippen LogP contribution < -0.4 is 4.72 Å². The van der Waals surface area contributed by atoms with Crippen LogP contribution in [0.25, 0.3) is 0 Å². The molecule has 0 saturated heterocycles. The van der Waals surface area contributed by atoms with Gasteiger partial charge in [0.2, 0.25) is 10.0 Å². The van der Waals surface area contributed by atoms with Crippen molar-refractivity contribution in [2.45, 2.75) is 24.8 Å². The van der Waals surface area contributed by atoms with E-state index in [9.17, 15) is 18.0 Å². The van der Waals surface area contributed by atoms with Crippen LogP contribution in [0.4, 0.5) is 0 Å². The van der Waals surface area contributed by atoms with E-state index in [0.717, 1.165) is 24.5 Å². The normalized spacial score (nSPS) is 13.0. The molecular formula is C10H13NO6S2. The summed E-state index contributed by atoms with van der Waals surface area (Å²) in [7, 11) is -2.82. The maximum atomic E-state index is 12.0. The first-order valence-electron chi connectivity index (χ1n) is 5.13. The fourth-order valence-corrected chi connectivity index (χ4v) is 3.98. The standard InChI is InChI=1S/C10H13NO6S2/c1-5(10(14)17-3)11-19(15,16)8-4-7(9(12)13)18-6(8)2/h4-5,11H,1-3H3,(H,12,13). The highest BCUT2D eigenvalue weighted by molar-refractivity contribution is 7.89. The number of hydrogen-bond acceptors (Lipinski definition) is 6. The minimum absolute atomic E-state index is 0.0800. The first kappa shape index (κ1) is 15.6. The lowest BCUT2D eigenvalue weighted by Crippen LogP contribution is -2.39. The molecule has 1 atom stereocenters. The van der Waals surface area contributed by atoms with Gasteiger partial charge < -0.3 is 9.84 Å². The van der Waals surface area contributed by atoms with E-state index >= 15 is 0 Å². The van der Waals surface area contributed by atoms with Crippen molar-refractivity contribution in [2.75, 3.05) is 7.11 Å². The third kappa shape index (κ3) is 3.52. The van der Waals surface area contributed by atoms with Crippen molar-refractivity contribution < 1.29 is 27.9 Å². The molecule has 0 aliphatic heterocycles. The van der Waals surface area contributed by atoms with Gasteiger partial charge in [0.25, 0.3) is 0 Å².